The van der Waals surface area contributed by atoms with Gasteiger partial charge in [-0.15, -0.1) is 10.2 Å². The Morgan fingerprint density at radius 3 is 2.90 bits per heavy atom. The standard InChI is InChI=1S/C13H18N4O2S/c1-5-14-12(18)9(3)20-13-16-15-11(17(13)4)10-6-7-19-8(10)2/h6-7,9H,5H2,1-4H3,(H,14,18)/t9-/m0/s1. The van der Waals surface area contributed by atoms with Crippen molar-refractivity contribution in [2.75, 3.05) is 6.54 Å². The third-order valence-corrected chi connectivity index (χ3v) is 4.07. The van der Waals surface area contributed by atoms with Crippen LogP contribution in [0.5, 0.6) is 0 Å². The van der Waals surface area contributed by atoms with Crippen molar-refractivity contribution >= 4 is 17.7 Å². The van der Waals surface area contributed by atoms with Crippen molar-refractivity contribution in [2.24, 2.45) is 7.05 Å². The molecule has 1 atom stereocenters. The zero-order valence-corrected chi connectivity index (χ0v) is 12.8. The van der Waals surface area contributed by atoms with Crippen LogP contribution in [-0.2, 0) is 11.8 Å². The highest BCUT2D eigenvalue weighted by molar-refractivity contribution is 8.00. The van der Waals surface area contributed by atoms with Gasteiger partial charge in [0.2, 0.25) is 5.91 Å². The van der Waals surface area contributed by atoms with Gasteiger partial charge in [0, 0.05) is 13.6 Å². The van der Waals surface area contributed by atoms with E-state index >= 15 is 0 Å². The highest BCUT2D eigenvalue weighted by Gasteiger charge is 2.19. The first kappa shape index (κ1) is 14.6. The predicted octanol–water partition coefficient (Wildman–Crippen LogP) is 2.00. The Morgan fingerprint density at radius 1 is 1.55 bits per heavy atom. The summed E-state index contributed by atoms with van der Waals surface area (Å²) in [5, 5.41) is 11.6. The van der Waals surface area contributed by atoms with Crippen molar-refractivity contribution in [1.82, 2.24) is 20.1 Å². The molecule has 20 heavy (non-hydrogen) atoms. The van der Waals surface area contributed by atoms with E-state index in [1.165, 1.54) is 11.8 Å². The second-order valence-electron chi connectivity index (χ2n) is 4.41. The molecule has 0 unspecified atom stereocenters. The maximum absolute atomic E-state index is 11.7. The fourth-order valence-electron chi connectivity index (χ4n) is 1.80. The van der Waals surface area contributed by atoms with Gasteiger partial charge in [-0.05, 0) is 26.8 Å². The van der Waals surface area contributed by atoms with Crippen LogP contribution in [0.2, 0.25) is 0 Å². The van der Waals surface area contributed by atoms with E-state index in [4.69, 9.17) is 4.42 Å². The molecule has 7 heteroatoms. The van der Waals surface area contributed by atoms with E-state index in [9.17, 15) is 4.79 Å². The summed E-state index contributed by atoms with van der Waals surface area (Å²) in [6, 6.07) is 1.86. The maximum atomic E-state index is 11.7. The number of amides is 1. The van der Waals surface area contributed by atoms with Crippen molar-refractivity contribution < 1.29 is 9.21 Å². The molecule has 0 bridgehead atoms. The number of rotatable bonds is 5. The Morgan fingerprint density at radius 2 is 2.30 bits per heavy atom. The fourth-order valence-corrected chi connectivity index (χ4v) is 2.64. The first-order valence-electron chi connectivity index (χ1n) is 6.42. The quantitative estimate of drug-likeness (QED) is 0.854. The minimum Gasteiger partial charge on any atom is -0.469 e. The molecule has 0 aliphatic heterocycles. The van der Waals surface area contributed by atoms with Crippen LogP contribution in [0.3, 0.4) is 0 Å². The van der Waals surface area contributed by atoms with Crippen molar-refractivity contribution in [1.29, 1.82) is 0 Å². The minimum absolute atomic E-state index is 0.00143. The van der Waals surface area contributed by atoms with Crippen LogP contribution in [0, 0.1) is 6.92 Å². The lowest BCUT2D eigenvalue weighted by molar-refractivity contribution is -0.120. The molecule has 0 fully saturated rings. The first-order valence-corrected chi connectivity index (χ1v) is 7.30. The summed E-state index contributed by atoms with van der Waals surface area (Å²) in [4.78, 5) is 11.7. The number of aromatic nitrogens is 3. The largest absolute Gasteiger partial charge is 0.469 e. The second kappa shape index (κ2) is 6.13. The second-order valence-corrected chi connectivity index (χ2v) is 5.72. The smallest absolute Gasteiger partial charge is 0.233 e. The summed E-state index contributed by atoms with van der Waals surface area (Å²) >= 11 is 1.39. The monoisotopic (exact) mass is 294 g/mol. The molecule has 6 nitrogen and oxygen atoms in total. The topological polar surface area (TPSA) is 73.0 Å². The van der Waals surface area contributed by atoms with Crippen LogP contribution in [0.4, 0.5) is 0 Å². The van der Waals surface area contributed by atoms with E-state index in [1.807, 2.05) is 38.5 Å². The Kier molecular flexibility index (Phi) is 4.49. The molecular weight excluding hydrogens is 276 g/mol. The van der Waals surface area contributed by atoms with Crippen molar-refractivity contribution in [2.45, 2.75) is 31.2 Å². The molecular formula is C13H18N4O2S. The molecule has 2 rings (SSSR count). The zero-order valence-electron chi connectivity index (χ0n) is 12.0. The highest BCUT2D eigenvalue weighted by Crippen LogP contribution is 2.27. The summed E-state index contributed by atoms with van der Waals surface area (Å²) < 4.78 is 7.16. The summed E-state index contributed by atoms with van der Waals surface area (Å²) in [6.45, 7) is 6.26. The van der Waals surface area contributed by atoms with Gasteiger partial charge in [0.25, 0.3) is 0 Å². The van der Waals surface area contributed by atoms with Gasteiger partial charge in [-0.2, -0.15) is 0 Å². The zero-order chi connectivity index (χ0) is 14.7. The van der Waals surface area contributed by atoms with Gasteiger partial charge >= 0.3 is 0 Å². The molecule has 0 spiro atoms. The molecule has 0 aromatic carbocycles. The van der Waals surface area contributed by atoms with Gasteiger partial charge in [0.05, 0.1) is 17.1 Å². The van der Waals surface area contributed by atoms with Crippen LogP contribution in [0.15, 0.2) is 21.9 Å². The van der Waals surface area contributed by atoms with Gasteiger partial charge in [-0.3, -0.25) is 4.79 Å². The van der Waals surface area contributed by atoms with Gasteiger partial charge in [0.15, 0.2) is 11.0 Å². The van der Waals surface area contributed by atoms with Crippen LogP contribution >= 0.6 is 11.8 Å². The normalized spacial score (nSPS) is 12.4. The highest BCUT2D eigenvalue weighted by atomic mass is 32.2. The van der Waals surface area contributed by atoms with E-state index in [1.54, 1.807) is 6.26 Å². The Bertz CT molecular complexity index is 605. The van der Waals surface area contributed by atoms with Crippen molar-refractivity contribution in [3.63, 3.8) is 0 Å². The lowest BCUT2D eigenvalue weighted by Gasteiger charge is -2.10. The molecule has 1 amide bonds. The number of nitrogens with zero attached hydrogens (tertiary/aromatic N) is 3. The molecule has 0 aliphatic rings. The van der Waals surface area contributed by atoms with Gasteiger partial charge in [0.1, 0.15) is 5.76 Å². The lowest BCUT2D eigenvalue weighted by Crippen LogP contribution is -2.30. The van der Waals surface area contributed by atoms with E-state index in [2.05, 4.69) is 15.5 Å². The van der Waals surface area contributed by atoms with E-state index in [0.717, 1.165) is 17.1 Å². The van der Waals surface area contributed by atoms with Crippen LogP contribution in [0.25, 0.3) is 11.4 Å². The number of nitrogens with one attached hydrogen (secondary N) is 1. The van der Waals surface area contributed by atoms with E-state index in [-0.39, 0.29) is 11.2 Å². The van der Waals surface area contributed by atoms with E-state index < -0.39 is 0 Å². The number of thioether (sulfide) groups is 1. The number of furan rings is 1. The van der Waals surface area contributed by atoms with Gasteiger partial charge < -0.3 is 14.3 Å². The molecule has 108 valence electrons. The molecule has 0 saturated heterocycles. The molecule has 2 aromatic rings. The number of carbonyl (C=O) groups is 1. The summed E-state index contributed by atoms with van der Waals surface area (Å²) in [5.74, 6) is 1.54. The SMILES string of the molecule is CCNC(=O)[C@H](C)Sc1nnc(-c2ccoc2C)n1C. The number of hydrogen-bond acceptors (Lipinski definition) is 5. The van der Waals surface area contributed by atoms with Gasteiger partial charge in [-0.25, -0.2) is 0 Å². The third kappa shape index (κ3) is 2.87. The summed E-state index contributed by atoms with van der Waals surface area (Å²) in [6.07, 6.45) is 1.63. The fraction of sp³-hybridized carbons (Fsp3) is 0.462. The maximum Gasteiger partial charge on any atom is 0.233 e. The van der Waals surface area contributed by atoms with Crippen molar-refractivity contribution in [3.05, 3.63) is 18.1 Å². The van der Waals surface area contributed by atoms with Crippen LogP contribution < -0.4 is 5.32 Å². The van der Waals surface area contributed by atoms with Gasteiger partial charge in [-0.1, -0.05) is 11.8 Å². The third-order valence-electron chi connectivity index (χ3n) is 2.94. The molecule has 0 aliphatic carbocycles. The average Bonchev–Trinajstić information content (AvgIpc) is 2.97. The summed E-state index contributed by atoms with van der Waals surface area (Å²) in [7, 11) is 1.88. The molecule has 0 saturated carbocycles. The van der Waals surface area contributed by atoms with Crippen molar-refractivity contribution in [3.8, 4) is 11.4 Å². The van der Waals surface area contributed by atoms with E-state index in [0.29, 0.717) is 11.7 Å². The lowest BCUT2D eigenvalue weighted by atomic mass is 10.2. The molecule has 2 aromatic heterocycles. The van der Waals surface area contributed by atoms with Crippen LogP contribution in [0.1, 0.15) is 19.6 Å². The predicted molar refractivity (Wildman–Crippen MR) is 77.4 cm³/mol. The number of aryl methyl sites for hydroxylation is 1. The minimum atomic E-state index is -0.212. The molecule has 2 heterocycles. The molecule has 1 N–H and O–H groups in total. The number of hydrogen-bond donors (Lipinski definition) is 1. The first-order chi connectivity index (χ1) is 9.54. The summed E-state index contributed by atoms with van der Waals surface area (Å²) in [5.41, 5.74) is 0.914. The Balaban J connectivity index is 2.18. The average molecular weight is 294 g/mol. The Labute approximate surface area is 121 Å². The molecule has 0 radical (unpaired) electrons. The number of carbonyl (C=O) groups excluding carboxylic acids is 1. The van der Waals surface area contributed by atoms with Crippen LogP contribution in [-0.4, -0.2) is 32.5 Å². The Hall–Kier alpha value is -1.76.